The minimum Gasteiger partial charge on any atom is -0.321 e. The van der Waals surface area contributed by atoms with Crippen molar-refractivity contribution in [3.8, 4) is 0 Å². The molecule has 10 atom stereocenters. The van der Waals surface area contributed by atoms with E-state index in [1.54, 1.807) is 5.56 Å². The molecule has 0 heterocycles. The first-order valence-electron chi connectivity index (χ1n) is 13.2. The molecule has 1 aromatic carbocycles. The third-order valence-electron chi connectivity index (χ3n) is 10.6. The first-order chi connectivity index (χ1) is 15.5. The van der Waals surface area contributed by atoms with E-state index < -0.39 is 0 Å². The molecule has 0 bridgehead atoms. The lowest BCUT2D eigenvalue weighted by atomic mass is 9.77. The Bertz CT molecular complexity index is 948. The van der Waals surface area contributed by atoms with Crippen molar-refractivity contribution in [1.82, 2.24) is 0 Å². The SMILES string of the molecule is C=C1CCC2C(C3CC(C)CC13)C2(CCC1CC2C=Cc3ccccc3C2C1)C(N)C=O. The fourth-order valence-electron chi connectivity index (χ4n) is 9.23. The number of hydrogen-bond donors (Lipinski definition) is 1. The number of nitrogens with two attached hydrogens (primary N) is 1. The van der Waals surface area contributed by atoms with Crippen LogP contribution in [-0.4, -0.2) is 12.3 Å². The van der Waals surface area contributed by atoms with Gasteiger partial charge in [0.15, 0.2) is 0 Å². The molecule has 1 aromatic rings. The quantitative estimate of drug-likeness (QED) is 0.436. The molecule has 0 radical (unpaired) electrons. The van der Waals surface area contributed by atoms with Crippen LogP contribution in [0.15, 0.2) is 42.5 Å². The normalized spacial score (nSPS) is 44.8. The van der Waals surface area contributed by atoms with E-state index in [2.05, 4.69) is 49.9 Å². The van der Waals surface area contributed by atoms with E-state index in [-0.39, 0.29) is 11.5 Å². The molecule has 4 fully saturated rings. The molecule has 0 amide bonds. The summed E-state index contributed by atoms with van der Waals surface area (Å²) in [4.78, 5) is 12.0. The average molecular weight is 430 g/mol. The first-order valence-corrected chi connectivity index (χ1v) is 13.2. The van der Waals surface area contributed by atoms with Crippen molar-refractivity contribution in [2.75, 3.05) is 0 Å². The van der Waals surface area contributed by atoms with Crippen LogP contribution in [0, 0.1) is 46.8 Å². The van der Waals surface area contributed by atoms with Crippen molar-refractivity contribution < 1.29 is 4.79 Å². The molecule has 5 aliphatic carbocycles. The first kappa shape index (κ1) is 20.9. The lowest BCUT2D eigenvalue weighted by Gasteiger charge is -2.29. The second kappa shape index (κ2) is 7.69. The number of carbonyl (C=O) groups is 1. The molecule has 5 aliphatic rings. The topological polar surface area (TPSA) is 43.1 Å². The van der Waals surface area contributed by atoms with E-state index in [9.17, 15) is 4.79 Å². The van der Waals surface area contributed by atoms with Gasteiger partial charge in [-0.15, -0.1) is 0 Å². The summed E-state index contributed by atoms with van der Waals surface area (Å²) in [5, 5.41) is 0. The zero-order valence-corrected chi connectivity index (χ0v) is 19.6. The van der Waals surface area contributed by atoms with Gasteiger partial charge >= 0.3 is 0 Å². The van der Waals surface area contributed by atoms with Gasteiger partial charge in [0.25, 0.3) is 0 Å². The van der Waals surface area contributed by atoms with Gasteiger partial charge in [0.1, 0.15) is 6.29 Å². The van der Waals surface area contributed by atoms with Crippen LogP contribution in [0.1, 0.15) is 75.3 Å². The standard InChI is InChI=1S/C30H39NO/c1-18-13-24-19(2)7-10-27-29(26(24)14-18)30(27,28(31)17-32)12-11-20-15-22-9-8-21-5-3-4-6-23(21)25(22)16-20/h3-6,8-9,17-18,20,22,24-29H,2,7,10-16,31H2,1H3. The number of benzene rings is 1. The summed E-state index contributed by atoms with van der Waals surface area (Å²) in [6.07, 6.45) is 15.9. The summed E-state index contributed by atoms with van der Waals surface area (Å²) in [7, 11) is 0. The Morgan fingerprint density at radius 2 is 2.03 bits per heavy atom. The van der Waals surface area contributed by atoms with E-state index in [0.29, 0.717) is 29.6 Å². The predicted molar refractivity (Wildman–Crippen MR) is 131 cm³/mol. The van der Waals surface area contributed by atoms with Gasteiger partial charge < -0.3 is 10.5 Å². The minimum absolute atomic E-state index is 0.0664. The highest BCUT2D eigenvalue weighted by Crippen LogP contribution is 2.73. The average Bonchev–Trinajstić information content (AvgIpc) is 3.07. The van der Waals surface area contributed by atoms with Crippen LogP contribution in [0.4, 0.5) is 0 Å². The van der Waals surface area contributed by atoms with Crippen LogP contribution >= 0.6 is 0 Å². The third kappa shape index (κ3) is 3.05. The summed E-state index contributed by atoms with van der Waals surface area (Å²) in [5.74, 6) is 5.62. The summed E-state index contributed by atoms with van der Waals surface area (Å²) in [6.45, 7) is 6.89. The Hall–Kier alpha value is -1.67. The summed E-state index contributed by atoms with van der Waals surface area (Å²) < 4.78 is 0. The number of aldehydes is 1. The van der Waals surface area contributed by atoms with E-state index in [0.717, 1.165) is 36.9 Å². The fourth-order valence-corrected chi connectivity index (χ4v) is 9.23. The van der Waals surface area contributed by atoms with Gasteiger partial charge in [-0.2, -0.15) is 0 Å². The number of rotatable bonds is 5. The lowest BCUT2D eigenvalue weighted by Crippen LogP contribution is -2.37. The number of hydrogen-bond acceptors (Lipinski definition) is 2. The van der Waals surface area contributed by atoms with Crippen molar-refractivity contribution in [2.45, 2.75) is 70.3 Å². The van der Waals surface area contributed by atoms with Gasteiger partial charge in [-0.3, -0.25) is 0 Å². The zero-order chi connectivity index (χ0) is 22.0. The molecule has 2 heteroatoms. The van der Waals surface area contributed by atoms with E-state index in [1.807, 2.05) is 0 Å². The summed E-state index contributed by atoms with van der Waals surface area (Å²) in [6, 6.07) is 8.67. The van der Waals surface area contributed by atoms with Gasteiger partial charge in [-0.05, 0) is 115 Å². The molecule has 0 aromatic heterocycles. The molecular weight excluding hydrogens is 390 g/mol. The highest BCUT2D eigenvalue weighted by molar-refractivity contribution is 5.61. The molecular formula is C30H39NO. The second-order valence-corrected chi connectivity index (χ2v) is 12.1. The van der Waals surface area contributed by atoms with Crippen molar-refractivity contribution >= 4 is 12.4 Å². The zero-order valence-electron chi connectivity index (χ0n) is 19.6. The molecule has 0 saturated heterocycles. The van der Waals surface area contributed by atoms with Crippen LogP contribution in [0.25, 0.3) is 6.08 Å². The molecule has 32 heavy (non-hydrogen) atoms. The highest BCUT2D eigenvalue weighted by Gasteiger charge is 2.70. The number of carbonyl (C=O) groups excluding carboxylic acids is 1. The molecule has 10 unspecified atom stereocenters. The van der Waals surface area contributed by atoms with Gasteiger partial charge in [0.2, 0.25) is 0 Å². The Morgan fingerprint density at radius 3 is 2.88 bits per heavy atom. The molecule has 170 valence electrons. The van der Waals surface area contributed by atoms with E-state index >= 15 is 0 Å². The monoisotopic (exact) mass is 429 g/mol. The maximum Gasteiger partial charge on any atom is 0.137 e. The van der Waals surface area contributed by atoms with Crippen molar-refractivity contribution in [2.24, 2.45) is 52.6 Å². The van der Waals surface area contributed by atoms with Crippen molar-refractivity contribution in [3.05, 3.63) is 53.6 Å². The molecule has 0 spiro atoms. The molecule has 2 N–H and O–H groups in total. The maximum absolute atomic E-state index is 12.0. The largest absolute Gasteiger partial charge is 0.321 e. The molecule has 6 rings (SSSR count). The smallest absolute Gasteiger partial charge is 0.137 e. The Labute approximate surface area is 193 Å². The van der Waals surface area contributed by atoms with Crippen LogP contribution in [0.5, 0.6) is 0 Å². The van der Waals surface area contributed by atoms with E-state index in [1.165, 1.54) is 49.7 Å². The molecule has 0 aliphatic heterocycles. The Morgan fingerprint density at radius 1 is 1.19 bits per heavy atom. The van der Waals surface area contributed by atoms with Gasteiger partial charge in [0, 0.05) is 0 Å². The van der Waals surface area contributed by atoms with Gasteiger partial charge in [-0.1, -0.05) is 55.5 Å². The Balaban J connectivity index is 1.20. The van der Waals surface area contributed by atoms with Gasteiger partial charge in [0.05, 0.1) is 6.04 Å². The third-order valence-corrected chi connectivity index (χ3v) is 10.6. The van der Waals surface area contributed by atoms with Crippen LogP contribution < -0.4 is 5.73 Å². The maximum atomic E-state index is 12.0. The van der Waals surface area contributed by atoms with Crippen molar-refractivity contribution in [3.63, 3.8) is 0 Å². The van der Waals surface area contributed by atoms with Crippen LogP contribution in [0.3, 0.4) is 0 Å². The predicted octanol–water partition coefficient (Wildman–Crippen LogP) is 6.37. The fraction of sp³-hybridized carbons (Fsp3) is 0.633. The minimum atomic E-state index is -0.287. The Kier molecular flexibility index (Phi) is 5.02. The molecule has 4 saturated carbocycles. The van der Waals surface area contributed by atoms with Gasteiger partial charge in [-0.25, -0.2) is 0 Å². The summed E-state index contributed by atoms with van der Waals surface area (Å²) in [5.41, 5.74) is 11.2. The number of fused-ring (bicyclic) bond motifs is 6. The van der Waals surface area contributed by atoms with Crippen LogP contribution in [-0.2, 0) is 4.79 Å². The second-order valence-electron chi connectivity index (χ2n) is 12.1. The molecule has 2 nitrogen and oxygen atoms in total. The van der Waals surface area contributed by atoms with E-state index in [4.69, 9.17) is 5.73 Å². The summed E-state index contributed by atoms with van der Waals surface area (Å²) >= 11 is 0. The number of allylic oxidation sites excluding steroid dienone is 2. The van der Waals surface area contributed by atoms with Crippen LogP contribution in [0.2, 0.25) is 0 Å². The lowest BCUT2D eigenvalue weighted by molar-refractivity contribution is -0.110. The highest BCUT2D eigenvalue weighted by atomic mass is 16.1. The van der Waals surface area contributed by atoms with Crippen molar-refractivity contribution in [1.29, 1.82) is 0 Å².